The van der Waals surface area contributed by atoms with Crippen LogP contribution in [0.5, 0.6) is 0 Å². The molecule has 0 aromatic rings. The van der Waals surface area contributed by atoms with Crippen molar-refractivity contribution >= 4 is 5.97 Å². The topological polar surface area (TPSA) is 46.5 Å². The predicted molar refractivity (Wildman–Crippen MR) is 58.4 cm³/mol. The van der Waals surface area contributed by atoms with Crippen LogP contribution >= 0.6 is 0 Å². The second kappa shape index (κ2) is 5.50. The van der Waals surface area contributed by atoms with Gasteiger partial charge in [-0.3, -0.25) is 0 Å². The normalized spacial score (nSPS) is 30.7. The van der Waals surface area contributed by atoms with Gasteiger partial charge in [-0.25, -0.2) is 4.79 Å². The summed E-state index contributed by atoms with van der Waals surface area (Å²) in [5, 5.41) is 9.04. The van der Waals surface area contributed by atoms with Gasteiger partial charge < -0.3 is 9.84 Å². The Morgan fingerprint density at radius 1 is 1.27 bits per heavy atom. The van der Waals surface area contributed by atoms with Gasteiger partial charge in [-0.15, -0.1) is 0 Å². The van der Waals surface area contributed by atoms with Crippen LogP contribution in [-0.4, -0.2) is 23.3 Å². The standard InChI is InChI=1S/C12H22O3/c1-8-4-6-11(7-5-8)10(3)15-12(14)9(2)13/h8-11,13H,4-7H2,1-3H3. The zero-order valence-electron chi connectivity index (χ0n) is 9.90. The molecule has 2 atom stereocenters. The van der Waals surface area contributed by atoms with E-state index in [2.05, 4.69) is 6.92 Å². The summed E-state index contributed by atoms with van der Waals surface area (Å²) >= 11 is 0. The zero-order chi connectivity index (χ0) is 11.4. The summed E-state index contributed by atoms with van der Waals surface area (Å²) in [6, 6.07) is 0. The van der Waals surface area contributed by atoms with E-state index in [1.54, 1.807) is 0 Å². The maximum atomic E-state index is 11.2. The van der Waals surface area contributed by atoms with Gasteiger partial charge in [-0.1, -0.05) is 19.8 Å². The van der Waals surface area contributed by atoms with Crippen LogP contribution in [0.25, 0.3) is 0 Å². The van der Waals surface area contributed by atoms with Crippen LogP contribution in [0, 0.1) is 11.8 Å². The smallest absolute Gasteiger partial charge is 0.334 e. The van der Waals surface area contributed by atoms with Crippen molar-refractivity contribution in [2.45, 2.75) is 58.7 Å². The van der Waals surface area contributed by atoms with E-state index < -0.39 is 12.1 Å². The maximum Gasteiger partial charge on any atom is 0.334 e. The maximum absolute atomic E-state index is 11.2. The molecule has 1 fully saturated rings. The molecule has 1 rings (SSSR count). The van der Waals surface area contributed by atoms with E-state index in [-0.39, 0.29) is 6.10 Å². The van der Waals surface area contributed by atoms with Gasteiger partial charge >= 0.3 is 5.97 Å². The summed E-state index contributed by atoms with van der Waals surface area (Å²) in [7, 11) is 0. The van der Waals surface area contributed by atoms with Crippen molar-refractivity contribution in [3.63, 3.8) is 0 Å². The third-order valence-corrected chi connectivity index (χ3v) is 3.37. The molecule has 0 amide bonds. The van der Waals surface area contributed by atoms with Crippen molar-refractivity contribution < 1.29 is 14.6 Å². The highest BCUT2D eigenvalue weighted by molar-refractivity contribution is 5.73. The van der Waals surface area contributed by atoms with Crippen molar-refractivity contribution in [2.24, 2.45) is 11.8 Å². The second-order valence-electron chi connectivity index (χ2n) is 4.84. The quantitative estimate of drug-likeness (QED) is 0.732. The van der Waals surface area contributed by atoms with Gasteiger partial charge in [0.15, 0.2) is 0 Å². The van der Waals surface area contributed by atoms with Crippen molar-refractivity contribution in [3.05, 3.63) is 0 Å². The molecule has 1 aliphatic carbocycles. The molecule has 0 spiro atoms. The molecule has 0 heterocycles. The van der Waals surface area contributed by atoms with Gasteiger partial charge in [0.1, 0.15) is 12.2 Å². The lowest BCUT2D eigenvalue weighted by Crippen LogP contribution is -2.31. The van der Waals surface area contributed by atoms with Crippen LogP contribution in [0.15, 0.2) is 0 Å². The van der Waals surface area contributed by atoms with Crippen molar-refractivity contribution in [3.8, 4) is 0 Å². The number of esters is 1. The number of aliphatic hydroxyl groups excluding tert-OH is 1. The number of aliphatic hydroxyl groups is 1. The van der Waals surface area contributed by atoms with E-state index in [1.165, 1.54) is 19.8 Å². The summed E-state index contributed by atoms with van der Waals surface area (Å²) < 4.78 is 5.20. The highest BCUT2D eigenvalue weighted by Gasteiger charge is 2.26. The first-order chi connectivity index (χ1) is 7.00. The molecule has 0 radical (unpaired) electrons. The largest absolute Gasteiger partial charge is 0.460 e. The molecule has 0 saturated heterocycles. The van der Waals surface area contributed by atoms with E-state index in [0.29, 0.717) is 5.92 Å². The molecule has 0 aromatic heterocycles. The van der Waals surface area contributed by atoms with Crippen LogP contribution in [0.4, 0.5) is 0 Å². The lowest BCUT2D eigenvalue weighted by Gasteiger charge is -2.30. The Morgan fingerprint density at radius 2 is 1.80 bits per heavy atom. The number of carbonyl (C=O) groups is 1. The monoisotopic (exact) mass is 214 g/mol. The second-order valence-corrected chi connectivity index (χ2v) is 4.84. The Hall–Kier alpha value is -0.570. The van der Waals surface area contributed by atoms with Crippen molar-refractivity contribution in [1.29, 1.82) is 0 Å². The third-order valence-electron chi connectivity index (χ3n) is 3.37. The number of carbonyl (C=O) groups excluding carboxylic acids is 1. The van der Waals surface area contributed by atoms with Gasteiger partial charge in [0.05, 0.1) is 0 Å². The molecule has 1 saturated carbocycles. The van der Waals surface area contributed by atoms with Gasteiger partial charge in [0.2, 0.25) is 0 Å². The fraction of sp³-hybridized carbons (Fsp3) is 0.917. The molecular weight excluding hydrogens is 192 g/mol. The van der Waals surface area contributed by atoms with Crippen LogP contribution in [-0.2, 0) is 9.53 Å². The highest BCUT2D eigenvalue weighted by Crippen LogP contribution is 2.31. The van der Waals surface area contributed by atoms with Crippen molar-refractivity contribution in [1.82, 2.24) is 0 Å². The van der Waals surface area contributed by atoms with Crippen LogP contribution in [0.1, 0.15) is 46.5 Å². The molecule has 1 aliphatic rings. The summed E-state index contributed by atoms with van der Waals surface area (Å²) in [5.74, 6) is 0.783. The van der Waals surface area contributed by atoms with E-state index in [1.807, 2.05) is 6.92 Å². The molecule has 0 aliphatic heterocycles. The summed E-state index contributed by atoms with van der Waals surface area (Å²) in [6.07, 6.45) is 3.66. The molecular formula is C12H22O3. The van der Waals surface area contributed by atoms with Crippen LogP contribution in [0.3, 0.4) is 0 Å². The molecule has 15 heavy (non-hydrogen) atoms. The SMILES string of the molecule is CC1CCC(C(C)OC(=O)C(C)O)CC1. The Balaban J connectivity index is 2.34. The number of hydrogen-bond acceptors (Lipinski definition) is 3. The lowest BCUT2D eigenvalue weighted by atomic mass is 9.80. The molecule has 1 N–H and O–H groups in total. The van der Waals surface area contributed by atoms with E-state index in [4.69, 9.17) is 9.84 Å². The van der Waals surface area contributed by atoms with Gasteiger partial charge in [-0.05, 0) is 38.5 Å². The summed E-state index contributed by atoms with van der Waals surface area (Å²) in [4.78, 5) is 11.2. The van der Waals surface area contributed by atoms with Crippen molar-refractivity contribution in [2.75, 3.05) is 0 Å². The average molecular weight is 214 g/mol. The first-order valence-electron chi connectivity index (χ1n) is 5.89. The Labute approximate surface area is 91.8 Å². The van der Waals surface area contributed by atoms with Gasteiger partial charge in [0.25, 0.3) is 0 Å². The molecule has 0 aromatic carbocycles. The lowest BCUT2D eigenvalue weighted by molar-refractivity contribution is -0.160. The number of ether oxygens (including phenoxy) is 1. The Morgan fingerprint density at radius 3 is 2.27 bits per heavy atom. The summed E-state index contributed by atoms with van der Waals surface area (Å²) in [6.45, 7) is 5.64. The zero-order valence-corrected chi connectivity index (χ0v) is 9.90. The van der Waals surface area contributed by atoms with Gasteiger partial charge in [0, 0.05) is 0 Å². The Kier molecular flexibility index (Phi) is 4.58. The fourth-order valence-electron chi connectivity index (χ4n) is 2.13. The average Bonchev–Trinajstić information content (AvgIpc) is 2.18. The van der Waals surface area contributed by atoms with Crippen LogP contribution in [0.2, 0.25) is 0 Å². The van der Waals surface area contributed by atoms with E-state index in [9.17, 15) is 4.79 Å². The molecule has 2 unspecified atom stereocenters. The molecule has 88 valence electrons. The third kappa shape index (κ3) is 3.82. The molecule has 0 bridgehead atoms. The minimum absolute atomic E-state index is 0.0559. The highest BCUT2D eigenvalue weighted by atomic mass is 16.6. The number of rotatable bonds is 3. The first-order valence-corrected chi connectivity index (χ1v) is 5.89. The first kappa shape index (κ1) is 12.5. The number of hydrogen-bond donors (Lipinski definition) is 1. The minimum Gasteiger partial charge on any atom is -0.460 e. The van der Waals surface area contributed by atoms with Crippen LogP contribution < -0.4 is 0 Å². The predicted octanol–water partition coefficient (Wildman–Crippen LogP) is 2.13. The minimum atomic E-state index is -1.00. The summed E-state index contributed by atoms with van der Waals surface area (Å²) in [5.41, 5.74) is 0. The molecule has 3 heteroatoms. The van der Waals surface area contributed by atoms with E-state index >= 15 is 0 Å². The van der Waals surface area contributed by atoms with E-state index in [0.717, 1.165) is 18.8 Å². The fourth-order valence-corrected chi connectivity index (χ4v) is 2.13. The molecule has 3 nitrogen and oxygen atoms in total. The van der Waals surface area contributed by atoms with Gasteiger partial charge in [-0.2, -0.15) is 0 Å². The Bertz CT molecular complexity index is 205.